The third-order valence-corrected chi connectivity index (χ3v) is 7.86. The van der Waals surface area contributed by atoms with Crippen molar-refractivity contribution in [1.29, 1.82) is 0 Å². The number of H-pyrrole nitrogens is 1. The summed E-state index contributed by atoms with van der Waals surface area (Å²) in [6, 6.07) is 21.8. The summed E-state index contributed by atoms with van der Waals surface area (Å²) in [7, 11) is 0. The molecule has 3 aromatic heterocycles. The average molecular weight is 626 g/mol. The van der Waals surface area contributed by atoms with Crippen molar-refractivity contribution in [3.05, 3.63) is 105 Å². The summed E-state index contributed by atoms with van der Waals surface area (Å²) in [5, 5.41) is 24.7. The number of hydrogen-bond donors (Lipinski definition) is 2. The minimum absolute atomic E-state index is 0.00144. The molecule has 3 heterocycles. The zero-order valence-electron chi connectivity index (χ0n) is 23.3. The standard InChI is InChI=1S/C32H29BrN6O3/c1-3-5-28-34-19(2)25(15-20-6-4-7-21(14-20)17-40)32(35-28)41-18-22-8-13-27-26(16-22)29(33)30(42-27)23-9-11-24(12-10-23)31-36-38-39-37-31/h4,6-14,16,40H,3,5,15,17-18H2,1-2H3,(H,36,37,38,39). The van der Waals surface area contributed by atoms with E-state index in [2.05, 4.69) is 49.5 Å². The number of aliphatic hydroxyl groups excluding tert-OH is 1. The second-order valence-corrected chi connectivity index (χ2v) is 10.9. The van der Waals surface area contributed by atoms with Crippen LogP contribution in [0.25, 0.3) is 33.7 Å². The highest BCUT2D eigenvalue weighted by molar-refractivity contribution is 9.10. The lowest BCUT2D eigenvalue weighted by Crippen LogP contribution is -2.08. The molecule has 6 aromatic rings. The maximum absolute atomic E-state index is 9.58. The Morgan fingerprint density at radius 2 is 1.76 bits per heavy atom. The first kappa shape index (κ1) is 27.7. The van der Waals surface area contributed by atoms with E-state index in [0.29, 0.717) is 24.7 Å². The van der Waals surface area contributed by atoms with Gasteiger partial charge in [-0.05, 0) is 63.3 Å². The largest absolute Gasteiger partial charge is 0.472 e. The van der Waals surface area contributed by atoms with Gasteiger partial charge in [-0.25, -0.2) is 4.98 Å². The van der Waals surface area contributed by atoms with Crippen LogP contribution in [-0.4, -0.2) is 35.7 Å². The first-order valence-corrected chi connectivity index (χ1v) is 14.5. The van der Waals surface area contributed by atoms with Crippen molar-refractivity contribution in [2.45, 2.75) is 46.3 Å². The predicted molar refractivity (Wildman–Crippen MR) is 163 cm³/mol. The number of nitrogens with zero attached hydrogens (tertiary/aromatic N) is 5. The van der Waals surface area contributed by atoms with Crippen LogP contribution in [-0.2, 0) is 26.1 Å². The number of aryl methyl sites for hydroxylation is 2. The molecule has 212 valence electrons. The van der Waals surface area contributed by atoms with Crippen LogP contribution in [0, 0.1) is 6.92 Å². The van der Waals surface area contributed by atoms with Gasteiger partial charge in [-0.15, -0.1) is 10.2 Å². The fourth-order valence-corrected chi connectivity index (χ4v) is 5.54. The van der Waals surface area contributed by atoms with Gasteiger partial charge in [-0.1, -0.05) is 61.5 Å². The molecule has 0 fully saturated rings. The quantitative estimate of drug-likeness (QED) is 0.171. The van der Waals surface area contributed by atoms with E-state index in [-0.39, 0.29) is 6.61 Å². The van der Waals surface area contributed by atoms with E-state index in [4.69, 9.17) is 19.1 Å². The average Bonchev–Trinajstić information content (AvgIpc) is 3.66. The lowest BCUT2D eigenvalue weighted by atomic mass is 10.0. The van der Waals surface area contributed by atoms with Gasteiger partial charge >= 0.3 is 0 Å². The number of aromatic amines is 1. The molecular weight excluding hydrogens is 596 g/mol. The number of rotatable bonds is 10. The molecule has 0 amide bonds. The van der Waals surface area contributed by atoms with Gasteiger partial charge in [0.1, 0.15) is 23.8 Å². The van der Waals surface area contributed by atoms with E-state index in [1.807, 2.05) is 67.6 Å². The first-order valence-electron chi connectivity index (χ1n) is 13.8. The van der Waals surface area contributed by atoms with E-state index < -0.39 is 0 Å². The third-order valence-electron chi connectivity index (χ3n) is 7.07. The van der Waals surface area contributed by atoms with Crippen molar-refractivity contribution in [2.75, 3.05) is 0 Å². The molecule has 0 spiro atoms. The van der Waals surface area contributed by atoms with Crippen molar-refractivity contribution in [2.24, 2.45) is 0 Å². The zero-order chi connectivity index (χ0) is 29.1. The highest BCUT2D eigenvalue weighted by atomic mass is 79.9. The van der Waals surface area contributed by atoms with Crippen molar-refractivity contribution in [3.63, 3.8) is 0 Å². The Balaban J connectivity index is 1.26. The summed E-state index contributed by atoms with van der Waals surface area (Å²) in [6.07, 6.45) is 2.34. The molecule has 9 nitrogen and oxygen atoms in total. The monoisotopic (exact) mass is 624 g/mol. The number of tetrazole rings is 1. The Morgan fingerprint density at radius 3 is 2.52 bits per heavy atom. The number of furan rings is 1. The van der Waals surface area contributed by atoms with E-state index in [9.17, 15) is 5.11 Å². The molecule has 3 aromatic carbocycles. The molecule has 6 rings (SSSR count). The maximum Gasteiger partial charge on any atom is 0.220 e. The number of nitrogens with one attached hydrogen (secondary N) is 1. The molecule has 10 heteroatoms. The van der Waals surface area contributed by atoms with Crippen molar-refractivity contribution in [1.82, 2.24) is 30.6 Å². The predicted octanol–water partition coefficient (Wildman–Crippen LogP) is 6.76. The molecule has 0 aliphatic rings. The van der Waals surface area contributed by atoms with Gasteiger partial charge < -0.3 is 14.3 Å². The van der Waals surface area contributed by atoms with Gasteiger partial charge in [0.2, 0.25) is 11.7 Å². The summed E-state index contributed by atoms with van der Waals surface area (Å²) < 4.78 is 13.5. The molecule has 2 N–H and O–H groups in total. The van der Waals surface area contributed by atoms with E-state index >= 15 is 0 Å². The number of aliphatic hydroxyl groups is 1. The third kappa shape index (κ3) is 5.81. The van der Waals surface area contributed by atoms with Crippen LogP contribution in [0.15, 0.2) is 75.6 Å². The summed E-state index contributed by atoms with van der Waals surface area (Å²) in [5.74, 6) is 2.65. The fraction of sp³-hybridized carbons (Fsp3) is 0.219. The van der Waals surface area contributed by atoms with Crippen LogP contribution in [0.4, 0.5) is 0 Å². The van der Waals surface area contributed by atoms with Gasteiger partial charge in [0.25, 0.3) is 0 Å². The van der Waals surface area contributed by atoms with Crippen molar-refractivity contribution < 1.29 is 14.3 Å². The molecule has 0 atom stereocenters. The number of aromatic nitrogens is 6. The van der Waals surface area contributed by atoms with Crippen LogP contribution in [0.1, 0.15) is 47.1 Å². The summed E-state index contributed by atoms with van der Waals surface area (Å²) in [6.45, 7) is 4.46. The highest BCUT2D eigenvalue weighted by Gasteiger charge is 2.17. The summed E-state index contributed by atoms with van der Waals surface area (Å²) >= 11 is 3.76. The lowest BCUT2D eigenvalue weighted by Gasteiger charge is -2.15. The Labute approximate surface area is 251 Å². The number of hydrogen-bond acceptors (Lipinski definition) is 8. The SMILES string of the molecule is CCCc1nc(C)c(Cc2cccc(CO)c2)c(OCc2ccc3oc(-c4ccc(-c5nn[nH]n5)cc4)c(Br)c3c2)n1. The van der Waals surface area contributed by atoms with Crippen molar-refractivity contribution >= 4 is 26.9 Å². The minimum atomic E-state index is 0.00144. The first-order chi connectivity index (χ1) is 20.5. The van der Waals surface area contributed by atoms with Crippen LogP contribution < -0.4 is 4.74 Å². The topological polar surface area (TPSA) is 123 Å². The van der Waals surface area contributed by atoms with E-state index in [1.165, 1.54) is 0 Å². The molecule has 0 aliphatic carbocycles. The number of ether oxygens (including phenoxy) is 1. The second-order valence-electron chi connectivity index (χ2n) is 10.1. The van der Waals surface area contributed by atoms with Crippen LogP contribution in [0.3, 0.4) is 0 Å². The van der Waals surface area contributed by atoms with Crippen molar-refractivity contribution in [3.8, 4) is 28.6 Å². The molecular formula is C32H29BrN6O3. The normalized spacial score (nSPS) is 11.3. The molecule has 0 saturated carbocycles. The van der Waals surface area contributed by atoms with Crippen LogP contribution in [0.2, 0.25) is 0 Å². The zero-order valence-corrected chi connectivity index (χ0v) is 24.9. The van der Waals surface area contributed by atoms with Crippen LogP contribution >= 0.6 is 15.9 Å². The lowest BCUT2D eigenvalue weighted by molar-refractivity contribution is 0.281. The van der Waals surface area contributed by atoms with Crippen LogP contribution in [0.5, 0.6) is 5.88 Å². The fourth-order valence-electron chi connectivity index (χ4n) is 4.92. The summed E-state index contributed by atoms with van der Waals surface area (Å²) in [5.41, 5.74) is 7.35. The maximum atomic E-state index is 9.58. The van der Waals surface area contributed by atoms with E-state index in [0.717, 1.165) is 78.9 Å². The van der Waals surface area contributed by atoms with Gasteiger partial charge in [0.05, 0.1) is 11.1 Å². The molecule has 0 radical (unpaired) electrons. The Morgan fingerprint density at radius 1 is 0.952 bits per heavy atom. The molecule has 0 aliphatic heterocycles. The Bertz CT molecular complexity index is 1830. The van der Waals surface area contributed by atoms with Gasteiger partial charge in [0, 0.05) is 40.6 Å². The van der Waals surface area contributed by atoms with Gasteiger partial charge in [-0.3, -0.25) is 0 Å². The summed E-state index contributed by atoms with van der Waals surface area (Å²) in [4.78, 5) is 9.55. The minimum Gasteiger partial charge on any atom is -0.472 e. The highest BCUT2D eigenvalue weighted by Crippen LogP contribution is 2.38. The number of benzene rings is 3. The molecule has 0 bridgehead atoms. The van der Waals surface area contributed by atoms with E-state index in [1.54, 1.807) is 0 Å². The Hall–Kier alpha value is -4.41. The number of halogens is 1. The molecule has 42 heavy (non-hydrogen) atoms. The van der Waals surface area contributed by atoms with Gasteiger partial charge in [-0.2, -0.15) is 10.2 Å². The second kappa shape index (κ2) is 12.2. The number of fused-ring (bicyclic) bond motifs is 1. The molecule has 0 saturated heterocycles. The molecule has 0 unspecified atom stereocenters. The smallest absolute Gasteiger partial charge is 0.220 e. The van der Waals surface area contributed by atoms with Gasteiger partial charge in [0.15, 0.2) is 0 Å². The Kier molecular flexibility index (Phi) is 8.07.